The summed E-state index contributed by atoms with van der Waals surface area (Å²) < 4.78 is 0. The molecule has 0 bridgehead atoms. The van der Waals surface area contributed by atoms with Crippen molar-refractivity contribution in [2.75, 3.05) is 6.54 Å². The summed E-state index contributed by atoms with van der Waals surface area (Å²) in [5.41, 5.74) is -0.0712. The number of aliphatic carboxylic acids is 1. The second kappa shape index (κ2) is 5.81. The maximum Gasteiger partial charge on any atom is 0.326 e. The summed E-state index contributed by atoms with van der Waals surface area (Å²) in [6, 6.07) is 3.20. The van der Waals surface area contributed by atoms with E-state index in [-0.39, 0.29) is 5.56 Å². The molecule has 0 spiro atoms. The molecule has 6 heteroatoms. The minimum atomic E-state index is -1.04. The molecule has 1 atom stereocenters. The highest BCUT2D eigenvalue weighted by molar-refractivity contribution is 5.99. The summed E-state index contributed by atoms with van der Waals surface area (Å²) in [5.74, 6) is -2.50. The molecule has 20 heavy (non-hydrogen) atoms. The highest BCUT2D eigenvalue weighted by Gasteiger charge is 2.32. The number of likely N-dealkylation sites (tertiary alicyclic amines) is 1. The van der Waals surface area contributed by atoms with Gasteiger partial charge < -0.3 is 20.2 Å². The molecule has 1 aliphatic heterocycles. The molecule has 0 aliphatic carbocycles. The minimum Gasteiger partial charge on any atom is -0.504 e. The van der Waals surface area contributed by atoms with E-state index in [9.17, 15) is 24.9 Å². The van der Waals surface area contributed by atoms with Crippen molar-refractivity contribution in [3.63, 3.8) is 0 Å². The third-order valence-corrected chi connectivity index (χ3v) is 3.54. The summed E-state index contributed by atoms with van der Waals surface area (Å²) in [6.45, 7) is 0.338. The molecule has 1 unspecified atom stereocenters. The molecule has 0 aromatic heterocycles. The van der Waals surface area contributed by atoms with Gasteiger partial charge in [-0.2, -0.15) is 0 Å². The van der Waals surface area contributed by atoms with Gasteiger partial charge in [0.1, 0.15) is 6.04 Å². The standard InChI is InChI=1S/C14H17NO5/c16-11-7-4-5-9(12(11)17)13(18)15-8-3-1-2-6-10(15)14(19)20/h4-5,7,10,16-17H,1-3,6,8H2,(H,19,20). The van der Waals surface area contributed by atoms with Crippen molar-refractivity contribution in [1.29, 1.82) is 0 Å². The van der Waals surface area contributed by atoms with Crippen molar-refractivity contribution in [1.82, 2.24) is 4.90 Å². The summed E-state index contributed by atoms with van der Waals surface area (Å²) >= 11 is 0. The first-order valence-electron chi connectivity index (χ1n) is 6.57. The van der Waals surface area contributed by atoms with Gasteiger partial charge in [0.2, 0.25) is 0 Å². The molecule has 1 amide bonds. The van der Waals surface area contributed by atoms with Crippen LogP contribution < -0.4 is 0 Å². The Morgan fingerprint density at radius 2 is 1.90 bits per heavy atom. The smallest absolute Gasteiger partial charge is 0.326 e. The quantitative estimate of drug-likeness (QED) is 0.714. The lowest BCUT2D eigenvalue weighted by Crippen LogP contribution is -2.44. The number of rotatable bonds is 2. The SMILES string of the molecule is O=C(O)C1CCCCCN1C(=O)c1cccc(O)c1O. The molecule has 1 fully saturated rings. The van der Waals surface area contributed by atoms with E-state index < -0.39 is 29.4 Å². The maximum absolute atomic E-state index is 12.4. The molecular weight excluding hydrogens is 262 g/mol. The zero-order valence-electron chi connectivity index (χ0n) is 11.0. The van der Waals surface area contributed by atoms with Gasteiger partial charge in [-0.3, -0.25) is 4.79 Å². The van der Waals surface area contributed by atoms with Crippen molar-refractivity contribution >= 4 is 11.9 Å². The van der Waals surface area contributed by atoms with E-state index in [4.69, 9.17) is 0 Å². The van der Waals surface area contributed by atoms with E-state index in [0.717, 1.165) is 19.3 Å². The Morgan fingerprint density at radius 3 is 2.60 bits per heavy atom. The Hall–Kier alpha value is -2.24. The van der Waals surface area contributed by atoms with Crippen LogP contribution in [0.4, 0.5) is 0 Å². The molecule has 108 valence electrons. The van der Waals surface area contributed by atoms with Crippen molar-refractivity contribution in [2.24, 2.45) is 0 Å². The number of para-hydroxylation sites is 1. The van der Waals surface area contributed by atoms with Crippen LogP contribution in [0.5, 0.6) is 11.5 Å². The number of aromatic hydroxyl groups is 2. The Balaban J connectivity index is 2.33. The van der Waals surface area contributed by atoms with Crippen molar-refractivity contribution in [2.45, 2.75) is 31.7 Å². The third kappa shape index (κ3) is 2.68. The number of hydrogen-bond donors (Lipinski definition) is 3. The number of amides is 1. The van der Waals surface area contributed by atoms with Gasteiger partial charge in [0.05, 0.1) is 5.56 Å². The predicted octanol–water partition coefficient (Wildman–Crippen LogP) is 1.57. The summed E-state index contributed by atoms with van der Waals surface area (Å²) in [6.07, 6.45) is 2.77. The van der Waals surface area contributed by atoms with Gasteiger partial charge >= 0.3 is 5.97 Å². The predicted molar refractivity (Wildman–Crippen MR) is 70.7 cm³/mol. The first-order chi connectivity index (χ1) is 9.52. The van der Waals surface area contributed by atoms with E-state index >= 15 is 0 Å². The first-order valence-corrected chi connectivity index (χ1v) is 6.57. The van der Waals surface area contributed by atoms with Gasteiger partial charge in [-0.25, -0.2) is 4.79 Å². The lowest BCUT2D eigenvalue weighted by atomic mass is 10.1. The number of carboxylic acid groups (broad SMARTS) is 1. The lowest BCUT2D eigenvalue weighted by Gasteiger charge is -2.27. The van der Waals surface area contributed by atoms with Gasteiger partial charge in [-0.05, 0) is 25.0 Å². The van der Waals surface area contributed by atoms with E-state index in [1.807, 2.05) is 0 Å². The third-order valence-electron chi connectivity index (χ3n) is 3.54. The van der Waals surface area contributed by atoms with Gasteiger partial charge in [0, 0.05) is 6.54 Å². The number of phenols is 2. The largest absolute Gasteiger partial charge is 0.504 e. The lowest BCUT2D eigenvalue weighted by molar-refractivity contribution is -0.142. The van der Waals surface area contributed by atoms with E-state index in [0.29, 0.717) is 13.0 Å². The number of carboxylic acids is 1. The summed E-state index contributed by atoms with van der Waals surface area (Å²) in [4.78, 5) is 25.0. The Morgan fingerprint density at radius 1 is 1.15 bits per heavy atom. The number of carbonyl (C=O) groups is 2. The highest BCUT2D eigenvalue weighted by atomic mass is 16.4. The molecule has 3 N–H and O–H groups in total. The van der Waals surface area contributed by atoms with Crippen molar-refractivity contribution < 1.29 is 24.9 Å². The molecule has 1 aromatic rings. The van der Waals surface area contributed by atoms with E-state index in [2.05, 4.69) is 0 Å². The van der Waals surface area contributed by atoms with Gasteiger partial charge in [-0.1, -0.05) is 18.9 Å². The van der Waals surface area contributed by atoms with Gasteiger partial charge in [-0.15, -0.1) is 0 Å². The summed E-state index contributed by atoms with van der Waals surface area (Å²) in [5, 5.41) is 28.4. The van der Waals surface area contributed by atoms with Crippen LogP contribution in [0.1, 0.15) is 36.0 Å². The average Bonchev–Trinajstić information content (AvgIpc) is 2.66. The molecule has 2 rings (SSSR count). The van der Waals surface area contributed by atoms with Crippen molar-refractivity contribution in [3.8, 4) is 11.5 Å². The summed E-state index contributed by atoms with van der Waals surface area (Å²) in [7, 11) is 0. The molecule has 1 heterocycles. The Kier molecular flexibility index (Phi) is 4.12. The number of phenolic OH excluding ortho intramolecular Hbond substituents is 2. The van der Waals surface area contributed by atoms with E-state index in [1.54, 1.807) is 0 Å². The first kappa shape index (κ1) is 14.2. The van der Waals surface area contributed by atoms with Gasteiger partial charge in [0.15, 0.2) is 11.5 Å². The fraction of sp³-hybridized carbons (Fsp3) is 0.429. The average molecular weight is 279 g/mol. The minimum absolute atomic E-state index is 0.0712. The van der Waals surface area contributed by atoms with Crippen LogP contribution in [0.25, 0.3) is 0 Å². The molecule has 1 saturated heterocycles. The molecular formula is C14H17NO5. The molecule has 0 radical (unpaired) electrons. The number of benzene rings is 1. The van der Waals surface area contributed by atoms with Crippen LogP contribution in [0.3, 0.4) is 0 Å². The van der Waals surface area contributed by atoms with Crippen LogP contribution in [-0.2, 0) is 4.79 Å². The topological polar surface area (TPSA) is 98.1 Å². The zero-order valence-corrected chi connectivity index (χ0v) is 11.0. The monoisotopic (exact) mass is 279 g/mol. The van der Waals surface area contributed by atoms with Crippen LogP contribution >= 0.6 is 0 Å². The Labute approximate surface area is 116 Å². The van der Waals surface area contributed by atoms with Crippen LogP contribution in [0, 0.1) is 0 Å². The van der Waals surface area contributed by atoms with Gasteiger partial charge in [0.25, 0.3) is 5.91 Å². The van der Waals surface area contributed by atoms with Crippen LogP contribution in [0.15, 0.2) is 18.2 Å². The maximum atomic E-state index is 12.4. The number of hydrogen-bond acceptors (Lipinski definition) is 4. The number of carbonyl (C=O) groups excluding carboxylic acids is 1. The highest BCUT2D eigenvalue weighted by Crippen LogP contribution is 2.30. The van der Waals surface area contributed by atoms with Crippen LogP contribution in [0.2, 0.25) is 0 Å². The molecule has 0 saturated carbocycles. The Bertz CT molecular complexity index is 528. The van der Waals surface area contributed by atoms with Crippen molar-refractivity contribution in [3.05, 3.63) is 23.8 Å². The molecule has 1 aliphatic rings. The fourth-order valence-corrected chi connectivity index (χ4v) is 2.47. The van der Waals surface area contributed by atoms with Crippen LogP contribution in [-0.4, -0.2) is 44.7 Å². The zero-order chi connectivity index (χ0) is 14.7. The molecule has 1 aromatic carbocycles. The second-order valence-electron chi connectivity index (χ2n) is 4.88. The fourth-order valence-electron chi connectivity index (χ4n) is 2.47. The van der Waals surface area contributed by atoms with E-state index in [1.165, 1.54) is 23.1 Å². The second-order valence-corrected chi connectivity index (χ2v) is 4.88. The number of nitrogens with zero attached hydrogens (tertiary/aromatic N) is 1. The molecule has 6 nitrogen and oxygen atoms in total. The normalized spacial score (nSPS) is 19.4.